The molecule has 15 aromatic rings. The molecule has 0 N–H and O–H groups in total. The number of alkyl halides is 6. The van der Waals surface area contributed by atoms with E-state index in [4.69, 9.17) is 9.47 Å². The summed E-state index contributed by atoms with van der Waals surface area (Å²) >= 11 is 0. The van der Waals surface area contributed by atoms with Gasteiger partial charge < -0.3 is 55.6 Å². The molecule has 4 aromatic heterocycles. The molecule has 0 aliphatic carbocycles. The molecule has 0 atom stereocenters. The second-order valence-electron chi connectivity index (χ2n) is 26.4. The van der Waals surface area contributed by atoms with E-state index in [1.165, 1.54) is 91.0 Å². The minimum absolute atomic E-state index is 0.0862. The SMILES string of the molecule is O=C1OC(=O)c2cc(C(c3ccc4c(c3)C(=O)OC4=O)(C(F)(F)F)C(F)(F)F)ccc21.O=C1OC(=O)c2cc(Oc3ccc(Oc4ccc5c(c4)C(=O)OC5=O)cc3)ccc21.O=C1OC(=O)c2ccc3c4c(ccc1c24)C(=O)OC3=O.O=c1oc(=O)c2cc3c(ccc4c(=O)oc(=O)c43)cc12.O=c1oc(=O)c2cc3cc4c(=O)oc(=O)c4cc3cc12. The van der Waals surface area contributed by atoms with Crippen LogP contribution < -0.4 is 54.5 Å². The van der Waals surface area contributed by atoms with Gasteiger partial charge in [0, 0.05) is 10.8 Å². The van der Waals surface area contributed by atoms with E-state index in [2.05, 4.69) is 46.1 Å². The first kappa shape index (κ1) is 76.4. The normalized spacial score (nSPS) is 14.2. The molecule has 6 aliphatic heterocycles. The Kier molecular flexibility index (Phi) is 17.4. The van der Waals surface area contributed by atoms with E-state index in [0.717, 1.165) is 0 Å². The number of hydrogen-bond donors (Lipinski definition) is 0. The van der Waals surface area contributed by atoms with Crippen LogP contribution in [0.4, 0.5) is 26.3 Å². The summed E-state index contributed by atoms with van der Waals surface area (Å²) in [5, 5.41) is 3.72. The third-order valence-electron chi connectivity index (χ3n) is 19.7. The van der Waals surface area contributed by atoms with Crippen molar-refractivity contribution >= 4 is 147 Å². The number of cyclic esters (lactones) is 12. The number of hydrogen-bond acceptors (Lipinski definition) is 32. The van der Waals surface area contributed by atoms with Gasteiger partial charge in [-0.05, 0) is 184 Å². The number of ether oxygens (including phenoxy) is 8. The maximum absolute atomic E-state index is 14.2. The number of esters is 12. The summed E-state index contributed by atoms with van der Waals surface area (Å²) in [7, 11) is 0. The zero-order valence-electron chi connectivity index (χ0n) is 59.0. The van der Waals surface area contributed by atoms with E-state index in [1.54, 1.807) is 42.5 Å². The molecule has 0 saturated carbocycles. The average Bonchev–Trinajstić information content (AvgIpc) is 1.58. The fraction of sp³-hybridized carbons (Fsp3) is 0.0361. The summed E-state index contributed by atoms with van der Waals surface area (Å²) < 4.78 is 142. The van der Waals surface area contributed by atoms with Gasteiger partial charge >= 0.3 is 129 Å². The maximum atomic E-state index is 14.2. The van der Waals surface area contributed by atoms with Gasteiger partial charge in [0.1, 0.15) is 23.0 Å². The number of carbonyl (C=O) groups excluding carboxylic acids is 12. The number of rotatable bonds is 6. The van der Waals surface area contributed by atoms with Crippen LogP contribution in [0.5, 0.6) is 23.0 Å². The van der Waals surface area contributed by atoms with E-state index >= 15 is 0 Å². The van der Waals surface area contributed by atoms with Gasteiger partial charge in [0.15, 0.2) is 0 Å². The first-order valence-corrected chi connectivity index (χ1v) is 34.1. The van der Waals surface area contributed by atoms with Crippen molar-refractivity contribution in [3.8, 4) is 23.0 Å². The molecule has 0 amide bonds. The molecule has 6 aliphatic rings. The van der Waals surface area contributed by atoms with Gasteiger partial charge in [-0.15, -0.1) is 0 Å². The molecular formula is C83H28F6O32. The van der Waals surface area contributed by atoms with E-state index in [1.807, 2.05) is 0 Å². The lowest BCUT2D eigenvalue weighted by Crippen LogP contribution is -2.55. The van der Waals surface area contributed by atoms with Crippen LogP contribution in [-0.2, 0) is 33.8 Å². The monoisotopic (exact) mass is 1650 g/mol. The zero-order valence-corrected chi connectivity index (χ0v) is 59.0. The van der Waals surface area contributed by atoms with Crippen LogP contribution in [-0.4, -0.2) is 84.0 Å². The van der Waals surface area contributed by atoms with E-state index in [9.17, 15) is 122 Å². The Morgan fingerprint density at radius 3 is 0.769 bits per heavy atom. The van der Waals surface area contributed by atoms with E-state index < -0.39 is 168 Å². The van der Waals surface area contributed by atoms with Gasteiger partial charge in [-0.25, -0.2) is 95.9 Å². The number of benzene rings is 11. The summed E-state index contributed by atoms with van der Waals surface area (Å²) in [4.78, 5) is 232. The lowest BCUT2D eigenvalue weighted by atomic mass is 9.71. The summed E-state index contributed by atoms with van der Waals surface area (Å²) in [5.74, 6) is -9.47. The second-order valence-corrected chi connectivity index (χ2v) is 26.4. The molecule has 0 fully saturated rings. The topological polar surface area (TPSA) is 468 Å². The number of halogens is 6. The number of fused-ring (bicyclic) bond motifs is 11. The second kappa shape index (κ2) is 27.5. The Hall–Kier alpha value is -17.2. The fourth-order valence-corrected chi connectivity index (χ4v) is 14.2. The van der Waals surface area contributed by atoms with Crippen LogP contribution in [0, 0.1) is 0 Å². The van der Waals surface area contributed by atoms with Crippen molar-refractivity contribution in [1.82, 2.24) is 0 Å². The summed E-state index contributed by atoms with van der Waals surface area (Å²) in [6.45, 7) is 0. The third kappa shape index (κ3) is 12.4. The highest BCUT2D eigenvalue weighted by Crippen LogP contribution is 2.57. The molecule has 21 rings (SSSR count). The smallest absolute Gasteiger partial charge is 0.411 e. The molecule has 0 saturated heterocycles. The van der Waals surface area contributed by atoms with Gasteiger partial charge in [0.05, 0.1) is 110 Å². The Morgan fingerprint density at radius 1 is 0.198 bits per heavy atom. The molecule has 594 valence electrons. The molecule has 0 bridgehead atoms. The number of furan rings is 4. The van der Waals surface area contributed by atoms with Crippen molar-refractivity contribution in [2.75, 3.05) is 0 Å². The quantitative estimate of drug-likeness (QED) is 0.0646. The Labute approximate surface area is 655 Å². The Morgan fingerprint density at radius 2 is 0.446 bits per heavy atom. The summed E-state index contributed by atoms with van der Waals surface area (Å²) in [5.41, 5.74) is -14.6. The molecule has 32 nitrogen and oxygen atoms in total. The van der Waals surface area contributed by atoms with Crippen LogP contribution in [0.3, 0.4) is 0 Å². The van der Waals surface area contributed by atoms with Crippen LogP contribution in [0.2, 0.25) is 0 Å². The molecule has 11 aromatic carbocycles. The van der Waals surface area contributed by atoms with Crippen LogP contribution >= 0.6 is 0 Å². The van der Waals surface area contributed by atoms with Crippen molar-refractivity contribution in [2.24, 2.45) is 0 Å². The predicted molar refractivity (Wildman–Crippen MR) is 390 cm³/mol. The standard InChI is InChI=1S/C22H10O8.C19H6F6O6.3C14H4O6/c23-19-15-7-5-13(9-17(15)21(25)29-19)27-11-1-2-12(4-3-11)28-14-6-8-16-18(10-14)22(26)30-20(16)24;20-18(21,22)17(19(23,24)25,7-1-3-9-11(5-7)15(28)30-13(9)26)8-2-4-10-12(6-8)16(29)31-14(10)27;15-11-7-1-5-2-9-10(14(18)20-13(9)17)4-6(5)3-8(7)12(16)19-11;15-11-6-2-1-5-3-8-9(13(17)19-12(8)16)4-7(5)10(6)14(18)20-11;15-11-5-1-2-6-10-8(14(18)20-12(6)16)4-3-7(9(5)10)13(17)19-11/h1-10H;1-6H;3*1-4H. The van der Waals surface area contributed by atoms with Gasteiger partial charge in [-0.2, -0.15) is 26.3 Å². The van der Waals surface area contributed by atoms with Gasteiger partial charge in [-0.3, -0.25) is 0 Å². The largest absolute Gasteiger partial charge is 0.457 e. The highest BCUT2D eigenvalue weighted by atomic mass is 19.4. The Bertz CT molecular complexity index is 7340. The first-order valence-electron chi connectivity index (χ1n) is 34.1. The van der Waals surface area contributed by atoms with Crippen molar-refractivity contribution in [3.63, 3.8) is 0 Å². The zero-order chi connectivity index (χ0) is 85.8. The lowest BCUT2D eigenvalue weighted by molar-refractivity contribution is -0.288. The third-order valence-corrected chi connectivity index (χ3v) is 19.7. The molecule has 38 heteroatoms. The van der Waals surface area contributed by atoms with Crippen molar-refractivity contribution in [3.05, 3.63) is 331 Å². The van der Waals surface area contributed by atoms with Crippen LogP contribution in [0.15, 0.2) is 226 Å². The number of carbonyl (C=O) groups is 12. The average molecular weight is 1650 g/mol. The lowest BCUT2D eigenvalue weighted by Gasteiger charge is -2.38. The fourth-order valence-electron chi connectivity index (χ4n) is 14.2. The van der Waals surface area contributed by atoms with Gasteiger partial charge in [0.2, 0.25) is 5.41 Å². The van der Waals surface area contributed by atoms with Crippen LogP contribution in [0.1, 0.15) is 135 Å². The van der Waals surface area contributed by atoms with Crippen molar-refractivity contribution in [1.29, 1.82) is 0 Å². The molecule has 0 spiro atoms. The molecule has 0 unspecified atom stereocenters. The molecule has 121 heavy (non-hydrogen) atoms. The first-order chi connectivity index (χ1) is 57.4. The van der Waals surface area contributed by atoms with Crippen molar-refractivity contribution in [2.45, 2.75) is 17.8 Å². The Balaban J connectivity index is 0.000000109. The maximum Gasteiger partial charge on any atom is 0.411 e. The minimum Gasteiger partial charge on any atom is -0.457 e. The summed E-state index contributed by atoms with van der Waals surface area (Å²) in [6, 6.07) is 35.5. The highest BCUT2D eigenvalue weighted by molar-refractivity contribution is 6.29. The van der Waals surface area contributed by atoms with Gasteiger partial charge in [-0.1, -0.05) is 18.2 Å². The predicted octanol–water partition coefficient (Wildman–Crippen LogP) is 10.4. The van der Waals surface area contributed by atoms with Crippen LogP contribution in [0.25, 0.3) is 75.4 Å². The summed E-state index contributed by atoms with van der Waals surface area (Å²) in [6.07, 6.45) is -12.0. The van der Waals surface area contributed by atoms with Gasteiger partial charge in [0.25, 0.3) is 0 Å². The van der Waals surface area contributed by atoms with Crippen molar-refractivity contribution < 1.29 is 139 Å². The van der Waals surface area contributed by atoms with E-state index in [0.29, 0.717) is 68.8 Å². The molecule has 10 heterocycles. The van der Waals surface area contributed by atoms with E-state index in [-0.39, 0.29) is 111 Å². The highest BCUT2D eigenvalue weighted by Gasteiger charge is 2.73. The molecule has 0 radical (unpaired) electrons. The minimum atomic E-state index is -6.02. The molecular weight excluding hydrogens is 1620 g/mol.